The topological polar surface area (TPSA) is 17.8 Å². The highest BCUT2D eigenvalue weighted by Crippen LogP contribution is 2.34. The molecule has 1 heterocycles. The van der Waals surface area contributed by atoms with E-state index in [1.807, 2.05) is 4.68 Å². The lowest BCUT2D eigenvalue weighted by atomic mass is 10.0. The Morgan fingerprint density at radius 2 is 1.95 bits per heavy atom. The van der Waals surface area contributed by atoms with Crippen LogP contribution in [0.1, 0.15) is 32.0 Å². The maximum Gasteiger partial charge on any atom is 0.0897 e. The van der Waals surface area contributed by atoms with E-state index in [1.54, 1.807) is 0 Å². The van der Waals surface area contributed by atoms with Gasteiger partial charge in [0.05, 0.1) is 16.4 Å². The second kappa shape index (κ2) is 6.10. The predicted molar refractivity (Wildman–Crippen MR) is 84.8 cm³/mol. The van der Waals surface area contributed by atoms with Crippen LogP contribution in [0.25, 0.3) is 11.3 Å². The van der Waals surface area contributed by atoms with E-state index in [4.69, 9.17) is 11.6 Å². The summed E-state index contributed by atoms with van der Waals surface area (Å²) >= 11 is 10.0. The summed E-state index contributed by atoms with van der Waals surface area (Å²) < 4.78 is 3.10. The van der Waals surface area contributed by atoms with Gasteiger partial charge in [0.1, 0.15) is 0 Å². The second-order valence-corrected chi connectivity index (χ2v) is 5.73. The van der Waals surface area contributed by atoms with Gasteiger partial charge in [0.25, 0.3) is 0 Å². The van der Waals surface area contributed by atoms with Crippen LogP contribution in [-0.2, 0) is 19.4 Å². The maximum absolute atomic E-state index is 6.52. The van der Waals surface area contributed by atoms with E-state index in [0.717, 1.165) is 40.3 Å². The molecule has 0 amide bonds. The van der Waals surface area contributed by atoms with Crippen LogP contribution in [0.5, 0.6) is 0 Å². The molecule has 0 saturated carbocycles. The SMILES string of the molecule is CCc1cc(Br)ccc1-c1c(Cl)c(CC)nn1CC. The van der Waals surface area contributed by atoms with Gasteiger partial charge >= 0.3 is 0 Å². The third-order valence-corrected chi connectivity index (χ3v) is 4.19. The fourth-order valence-electron chi connectivity index (χ4n) is 2.29. The summed E-state index contributed by atoms with van der Waals surface area (Å²) in [5.74, 6) is 0. The Balaban J connectivity index is 2.67. The van der Waals surface area contributed by atoms with Gasteiger partial charge in [0, 0.05) is 16.6 Å². The predicted octanol–water partition coefficient (Wildman–Crippen LogP) is 5.11. The zero-order valence-electron chi connectivity index (χ0n) is 11.5. The molecule has 0 fully saturated rings. The molecule has 0 atom stereocenters. The smallest absolute Gasteiger partial charge is 0.0897 e. The highest BCUT2D eigenvalue weighted by molar-refractivity contribution is 9.10. The van der Waals surface area contributed by atoms with Gasteiger partial charge in [-0.05, 0) is 37.5 Å². The largest absolute Gasteiger partial charge is 0.263 e. The van der Waals surface area contributed by atoms with E-state index in [1.165, 1.54) is 11.1 Å². The minimum absolute atomic E-state index is 0.793. The van der Waals surface area contributed by atoms with Gasteiger partial charge in [-0.15, -0.1) is 0 Å². The Morgan fingerprint density at radius 1 is 1.21 bits per heavy atom. The average Bonchev–Trinajstić information content (AvgIpc) is 2.75. The molecular weight excluding hydrogens is 324 g/mol. The average molecular weight is 342 g/mol. The van der Waals surface area contributed by atoms with Crippen molar-refractivity contribution in [2.75, 3.05) is 0 Å². The first-order valence-corrected chi connectivity index (χ1v) is 7.83. The van der Waals surface area contributed by atoms with Gasteiger partial charge in [0.2, 0.25) is 0 Å². The lowest BCUT2D eigenvalue weighted by Crippen LogP contribution is -2.01. The molecule has 0 bridgehead atoms. The van der Waals surface area contributed by atoms with Crippen LogP contribution in [0.4, 0.5) is 0 Å². The molecule has 19 heavy (non-hydrogen) atoms. The van der Waals surface area contributed by atoms with Crippen LogP contribution in [0.15, 0.2) is 22.7 Å². The summed E-state index contributed by atoms with van der Waals surface area (Å²) in [5, 5.41) is 5.39. The lowest BCUT2D eigenvalue weighted by Gasteiger charge is -2.11. The fraction of sp³-hybridized carbons (Fsp3) is 0.400. The molecule has 0 aliphatic carbocycles. The third kappa shape index (κ3) is 2.72. The molecule has 0 unspecified atom stereocenters. The zero-order valence-corrected chi connectivity index (χ0v) is 13.8. The molecule has 0 saturated heterocycles. The van der Waals surface area contributed by atoms with E-state index in [2.05, 4.69) is 60.0 Å². The molecule has 1 aromatic carbocycles. The minimum Gasteiger partial charge on any atom is -0.263 e. The van der Waals surface area contributed by atoms with Gasteiger partial charge in [-0.1, -0.05) is 47.4 Å². The van der Waals surface area contributed by atoms with Crippen LogP contribution in [-0.4, -0.2) is 9.78 Å². The van der Waals surface area contributed by atoms with Gasteiger partial charge < -0.3 is 0 Å². The molecule has 2 nitrogen and oxygen atoms in total. The highest BCUT2D eigenvalue weighted by atomic mass is 79.9. The molecule has 0 spiro atoms. The normalized spacial score (nSPS) is 11.0. The van der Waals surface area contributed by atoms with Crippen molar-refractivity contribution in [3.8, 4) is 11.3 Å². The van der Waals surface area contributed by atoms with Crippen LogP contribution < -0.4 is 0 Å². The van der Waals surface area contributed by atoms with Gasteiger partial charge in [-0.3, -0.25) is 4.68 Å². The Kier molecular flexibility index (Phi) is 4.69. The summed E-state index contributed by atoms with van der Waals surface area (Å²) in [5.41, 5.74) is 4.49. The summed E-state index contributed by atoms with van der Waals surface area (Å²) in [6.45, 7) is 7.16. The maximum atomic E-state index is 6.52. The van der Waals surface area contributed by atoms with Crippen LogP contribution in [0.2, 0.25) is 5.02 Å². The van der Waals surface area contributed by atoms with E-state index < -0.39 is 0 Å². The Hall–Kier alpha value is -0.800. The standard InChI is InChI=1S/C15H18BrClN2/c1-4-10-9-11(16)7-8-12(10)15-14(17)13(5-2)18-19(15)6-3/h7-9H,4-6H2,1-3H3. The molecule has 0 N–H and O–H groups in total. The summed E-state index contributed by atoms with van der Waals surface area (Å²) in [7, 11) is 0. The molecule has 0 aliphatic heterocycles. The van der Waals surface area contributed by atoms with Gasteiger partial charge in [0.15, 0.2) is 0 Å². The van der Waals surface area contributed by atoms with Crippen molar-refractivity contribution in [2.24, 2.45) is 0 Å². The lowest BCUT2D eigenvalue weighted by molar-refractivity contribution is 0.654. The molecule has 0 radical (unpaired) electrons. The van der Waals surface area contributed by atoms with Crippen LogP contribution in [0.3, 0.4) is 0 Å². The van der Waals surface area contributed by atoms with Crippen molar-refractivity contribution in [1.29, 1.82) is 0 Å². The summed E-state index contributed by atoms with van der Waals surface area (Å²) in [6, 6.07) is 6.34. The number of halogens is 2. The van der Waals surface area contributed by atoms with E-state index in [0.29, 0.717) is 0 Å². The van der Waals surface area contributed by atoms with Crippen molar-refractivity contribution in [2.45, 2.75) is 40.2 Å². The number of benzene rings is 1. The number of hydrogen-bond donors (Lipinski definition) is 0. The molecule has 0 aliphatic rings. The van der Waals surface area contributed by atoms with Crippen molar-refractivity contribution in [3.63, 3.8) is 0 Å². The van der Waals surface area contributed by atoms with Gasteiger partial charge in [-0.2, -0.15) is 5.10 Å². The van der Waals surface area contributed by atoms with Gasteiger partial charge in [-0.25, -0.2) is 0 Å². The minimum atomic E-state index is 0.793. The number of aryl methyl sites for hydroxylation is 3. The molecule has 1 aromatic heterocycles. The molecule has 2 aromatic rings. The quantitative estimate of drug-likeness (QED) is 0.755. The van der Waals surface area contributed by atoms with Crippen molar-refractivity contribution < 1.29 is 0 Å². The number of nitrogens with zero attached hydrogens (tertiary/aromatic N) is 2. The highest BCUT2D eigenvalue weighted by Gasteiger charge is 2.18. The Labute approximate surface area is 127 Å². The Bertz CT molecular complexity index is 590. The second-order valence-electron chi connectivity index (χ2n) is 4.43. The van der Waals surface area contributed by atoms with E-state index in [-0.39, 0.29) is 0 Å². The summed E-state index contributed by atoms with van der Waals surface area (Å²) in [6.07, 6.45) is 1.83. The first-order chi connectivity index (χ1) is 9.12. The third-order valence-electron chi connectivity index (χ3n) is 3.30. The van der Waals surface area contributed by atoms with Crippen molar-refractivity contribution >= 4 is 27.5 Å². The first kappa shape index (κ1) is 14.6. The van der Waals surface area contributed by atoms with Crippen molar-refractivity contribution in [3.05, 3.63) is 39.0 Å². The Morgan fingerprint density at radius 3 is 2.53 bits per heavy atom. The monoisotopic (exact) mass is 340 g/mol. The number of aromatic nitrogens is 2. The zero-order chi connectivity index (χ0) is 14.0. The van der Waals surface area contributed by atoms with Crippen LogP contribution in [0, 0.1) is 0 Å². The van der Waals surface area contributed by atoms with Crippen molar-refractivity contribution in [1.82, 2.24) is 9.78 Å². The van der Waals surface area contributed by atoms with E-state index in [9.17, 15) is 0 Å². The number of hydrogen-bond acceptors (Lipinski definition) is 1. The van der Waals surface area contributed by atoms with E-state index >= 15 is 0 Å². The van der Waals surface area contributed by atoms with Crippen LogP contribution >= 0.6 is 27.5 Å². The molecular formula is C15H18BrClN2. The first-order valence-electron chi connectivity index (χ1n) is 6.66. The number of rotatable bonds is 4. The molecule has 102 valence electrons. The fourth-order valence-corrected chi connectivity index (χ4v) is 3.07. The molecule has 4 heteroatoms. The molecule has 2 rings (SSSR count). The summed E-state index contributed by atoms with van der Waals surface area (Å²) in [4.78, 5) is 0.